The summed E-state index contributed by atoms with van der Waals surface area (Å²) in [6, 6.07) is 10.5. The van der Waals surface area contributed by atoms with Crippen LogP contribution in [0.2, 0.25) is 0 Å². The summed E-state index contributed by atoms with van der Waals surface area (Å²) in [5.74, 6) is 0.114. The number of hydroxylamine groups is 2. The van der Waals surface area contributed by atoms with E-state index in [4.69, 9.17) is 0 Å². The molecule has 1 aromatic heterocycles. The molecule has 0 fully saturated rings. The molecular weight excluding hydrogens is 340 g/mol. The second kappa shape index (κ2) is 6.40. The zero-order valence-electron chi connectivity index (χ0n) is 13.9. The molecule has 0 amide bonds. The second-order valence-corrected chi connectivity index (χ2v) is 5.99. The molecule has 6 nitrogen and oxygen atoms in total. The number of aliphatic imine (C=N–C) groups is 1. The first-order chi connectivity index (χ1) is 12.5. The molecule has 4 rings (SSSR count). The van der Waals surface area contributed by atoms with Crippen molar-refractivity contribution in [3.63, 3.8) is 0 Å². The average molecular weight is 355 g/mol. The van der Waals surface area contributed by atoms with Gasteiger partial charge in [0.15, 0.2) is 11.6 Å². The molecule has 0 bridgehead atoms. The number of hydrogen-bond acceptors (Lipinski definition) is 5. The summed E-state index contributed by atoms with van der Waals surface area (Å²) in [5.41, 5.74) is 1.67. The van der Waals surface area contributed by atoms with Crippen LogP contribution < -0.4 is 0 Å². The van der Waals surface area contributed by atoms with Crippen LogP contribution in [0.4, 0.5) is 8.78 Å². The van der Waals surface area contributed by atoms with Crippen LogP contribution >= 0.6 is 0 Å². The monoisotopic (exact) mass is 355 g/mol. The largest absolute Gasteiger partial charge is 0.314 e. The fourth-order valence-corrected chi connectivity index (χ4v) is 3.05. The molecule has 26 heavy (non-hydrogen) atoms. The highest BCUT2D eigenvalue weighted by molar-refractivity contribution is 6.15. The first-order valence-electron chi connectivity index (χ1n) is 7.97. The predicted octanol–water partition coefficient (Wildman–Crippen LogP) is 2.72. The van der Waals surface area contributed by atoms with E-state index in [0.29, 0.717) is 34.2 Å². The maximum atomic E-state index is 14.4. The Balaban J connectivity index is 1.95. The van der Waals surface area contributed by atoms with Crippen molar-refractivity contribution in [2.75, 3.05) is 7.05 Å². The molecule has 0 unspecified atom stereocenters. The fourth-order valence-electron chi connectivity index (χ4n) is 3.05. The summed E-state index contributed by atoms with van der Waals surface area (Å²) in [6.07, 6.45) is 0. The Kier molecular flexibility index (Phi) is 4.06. The normalized spacial score (nSPS) is 13.2. The van der Waals surface area contributed by atoms with Crippen molar-refractivity contribution in [3.05, 3.63) is 76.9 Å². The highest BCUT2D eigenvalue weighted by atomic mass is 19.1. The molecule has 2 heterocycles. The molecule has 0 spiro atoms. The van der Waals surface area contributed by atoms with Crippen LogP contribution in [0, 0.1) is 11.6 Å². The maximum Gasteiger partial charge on any atom is 0.159 e. The number of aromatic nitrogens is 3. The lowest BCUT2D eigenvalue weighted by Crippen LogP contribution is -2.17. The Bertz CT molecular complexity index is 1010. The van der Waals surface area contributed by atoms with E-state index in [1.165, 1.54) is 25.2 Å². The first-order valence-corrected chi connectivity index (χ1v) is 7.97. The van der Waals surface area contributed by atoms with E-state index in [2.05, 4.69) is 15.2 Å². The molecule has 0 aliphatic carbocycles. The zero-order chi connectivity index (χ0) is 18.3. The average Bonchev–Trinajstić information content (AvgIpc) is 2.91. The van der Waals surface area contributed by atoms with Gasteiger partial charge in [-0.1, -0.05) is 12.1 Å². The van der Waals surface area contributed by atoms with Crippen LogP contribution in [0.25, 0.3) is 5.69 Å². The standard InChI is InChI=1S/C18H15F2N5O/c1-24(26)10-17-23-22-16-9-21-18(12-4-2-3-5-14(12)20)13-8-11(19)6-7-15(13)25(16)17/h2-8,26H,9-10H2,1H3. The van der Waals surface area contributed by atoms with Gasteiger partial charge in [0.1, 0.15) is 18.2 Å². The third kappa shape index (κ3) is 2.79. The van der Waals surface area contributed by atoms with E-state index in [9.17, 15) is 14.0 Å². The third-order valence-corrected chi connectivity index (χ3v) is 4.13. The number of benzene rings is 2. The molecular formula is C18H15F2N5O. The lowest BCUT2D eigenvalue weighted by molar-refractivity contribution is -0.0754. The van der Waals surface area contributed by atoms with Gasteiger partial charge in [0, 0.05) is 18.2 Å². The van der Waals surface area contributed by atoms with E-state index < -0.39 is 11.6 Å². The van der Waals surface area contributed by atoms with Crippen LogP contribution in [-0.4, -0.2) is 37.8 Å². The number of rotatable bonds is 3. The smallest absolute Gasteiger partial charge is 0.159 e. The fraction of sp³-hybridized carbons (Fsp3) is 0.167. The summed E-state index contributed by atoms with van der Waals surface area (Å²) >= 11 is 0. The van der Waals surface area contributed by atoms with Gasteiger partial charge in [0.2, 0.25) is 0 Å². The SMILES string of the molecule is CN(O)Cc1nnc2n1-c1ccc(F)cc1C(c1ccccc1F)=NC2. The highest BCUT2D eigenvalue weighted by Gasteiger charge is 2.24. The van der Waals surface area contributed by atoms with Gasteiger partial charge in [-0.25, -0.2) is 8.78 Å². The summed E-state index contributed by atoms with van der Waals surface area (Å²) in [7, 11) is 1.49. The molecule has 0 saturated heterocycles. The van der Waals surface area contributed by atoms with Crippen molar-refractivity contribution in [1.82, 2.24) is 19.8 Å². The van der Waals surface area contributed by atoms with Crippen LogP contribution in [0.1, 0.15) is 22.8 Å². The number of hydrogen-bond donors (Lipinski definition) is 1. The number of fused-ring (bicyclic) bond motifs is 3. The molecule has 1 aliphatic rings. The molecule has 8 heteroatoms. The van der Waals surface area contributed by atoms with Gasteiger partial charge >= 0.3 is 0 Å². The van der Waals surface area contributed by atoms with E-state index in [1.54, 1.807) is 28.8 Å². The molecule has 3 aromatic rings. The van der Waals surface area contributed by atoms with Crippen LogP contribution in [0.3, 0.4) is 0 Å². The van der Waals surface area contributed by atoms with Gasteiger partial charge in [-0.3, -0.25) is 9.56 Å². The van der Waals surface area contributed by atoms with E-state index in [1.807, 2.05) is 0 Å². The topological polar surface area (TPSA) is 66.5 Å². The Labute approximate surface area is 148 Å². The Morgan fingerprint density at radius 1 is 1.12 bits per heavy atom. The minimum atomic E-state index is -0.454. The van der Waals surface area contributed by atoms with Crippen molar-refractivity contribution >= 4 is 5.71 Å². The lowest BCUT2D eigenvalue weighted by atomic mass is 10.00. The van der Waals surface area contributed by atoms with E-state index >= 15 is 0 Å². The van der Waals surface area contributed by atoms with Gasteiger partial charge in [-0.2, -0.15) is 5.06 Å². The highest BCUT2D eigenvalue weighted by Crippen LogP contribution is 2.27. The van der Waals surface area contributed by atoms with Crippen molar-refractivity contribution in [1.29, 1.82) is 0 Å². The number of halogens is 2. The predicted molar refractivity (Wildman–Crippen MR) is 90.3 cm³/mol. The lowest BCUT2D eigenvalue weighted by Gasteiger charge is -2.15. The van der Waals surface area contributed by atoms with Gasteiger partial charge in [-0.05, 0) is 30.3 Å². The maximum absolute atomic E-state index is 14.4. The van der Waals surface area contributed by atoms with Crippen molar-refractivity contribution in [2.45, 2.75) is 13.1 Å². The van der Waals surface area contributed by atoms with Gasteiger partial charge in [-0.15, -0.1) is 10.2 Å². The van der Waals surface area contributed by atoms with Gasteiger partial charge in [0.25, 0.3) is 0 Å². The second-order valence-electron chi connectivity index (χ2n) is 5.99. The molecule has 0 saturated carbocycles. The molecule has 1 aliphatic heterocycles. The Morgan fingerprint density at radius 3 is 2.69 bits per heavy atom. The van der Waals surface area contributed by atoms with E-state index in [0.717, 1.165) is 5.06 Å². The van der Waals surface area contributed by atoms with Crippen LogP contribution in [0.5, 0.6) is 0 Å². The van der Waals surface area contributed by atoms with Crippen LogP contribution in [-0.2, 0) is 13.1 Å². The van der Waals surface area contributed by atoms with Crippen molar-refractivity contribution in [2.24, 2.45) is 4.99 Å². The Hall–Kier alpha value is -2.97. The summed E-state index contributed by atoms with van der Waals surface area (Å²) < 4.78 is 30.1. The third-order valence-electron chi connectivity index (χ3n) is 4.13. The quantitative estimate of drug-likeness (QED) is 0.734. The summed E-state index contributed by atoms with van der Waals surface area (Å²) in [6.45, 7) is 0.279. The van der Waals surface area contributed by atoms with Crippen molar-refractivity contribution in [3.8, 4) is 5.69 Å². The molecule has 1 N–H and O–H groups in total. The van der Waals surface area contributed by atoms with Gasteiger partial charge < -0.3 is 5.21 Å². The Morgan fingerprint density at radius 2 is 1.92 bits per heavy atom. The molecule has 0 radical (unpaired) electrons. The molecule has 0 atom stereocenters. The summed E-state index contributed by atoms with van der Waals surface area (Å²) in [4.78, 5) is 4.48. The van der Waals surface area contributed by atoms with Gasteiger partial charge in [0.05, 0.1) is 17.9 Å². The minimum Gasteiger partial charge on any atom is -0.314 e. The van der Waals surface area contributed by atoms with Crippen molar-refractivity contribution < 1.29 is 14.0 Å². The first kappa shape index (κ1) is 16.5. The number of nitrogens with zero attached hydrogens (tertiary/aromatic N) is 5. The van der Waals surface area contributed by atoms with E-state index in [-0.39, 0.29) is 13.1 Å². The minimum absolute atomic E-state index is 0.124. The zero-order valence-corrected chi connectivity index (χ0v) is 13.9. The molecule has 132 valence electrons. The summed E-state index contributed by atoms with van der Waals surface area (Å²) in [5, 5.41) is 18.8. The molecule has 2 aromatic carbocycles. The van der Waals surface area contributed by atoms with Crippen LogP contribution in [0.15, 0.2) is 47.5 Å².